The van der Waals surface area contributed by atoms with Crippen LogP contribution in [0.3, 0.4) is 0 Å². The summed E-state index contributed by atoms with van der Waals surface area (Å²) >= 11 is 0. The molecule has 6 atom stereocenters. The van der Waals surface area contributed by atoms with Crippen LogP contribution in [0.15, 0.2) is 0 Å². The Morgan fingerprint density at radius 1 is 0.329 bits per heavy atom. The topological polar surface area (TPSA) is 237 Å². The van der Waals surface area contributed by atoms with Crippen molar-refractivity contribution < 1.29 is 80.2 Å². The summed E-state index contributed by atoms with van der Waals surface area (Å²) in [6.45, 7) is 13.9. The molecular weight excluding hydrogens is 1130 g/mol. The lowest BCUT2D eigenvalue weighted by Gasteiger charge is -2.21. The number of hydrogen-bond donors (Lipinski definition) is 3. The van der Waals surface area contributed by atoms with Crippen LogP contribution in [0.4, 0.5) is 0 Å². The molecule has 504 valence electrons. The Morgan fingerprint density at radius 2 is 0.565 bits per heavy atom. The van der Waals surface area contributed by atoms with E-state index >= 15 is 0 Å². The van der Waals surface area contributed by atoms with Gasteiger partial charge in [0.2, 0.25) is 0 Å². The molecule has 0 aliphatic carbocycles. The Labute approximate surface area is 517 Å². The summed E-state index contributed by atoms with van der Waals surface area (Å²) in [5, 5.41) is 10.5. The number of phosphoric ester groups is 2. The zero-order chi connectivity index (χ0) is 63.2. The second-order valence-electron chi connectivity index (χ2n) is 25.5. The monoisotopic (exact) mass is 1250 g/mol. The number of carbonyl (C=O) groups excluding carboxylic acids is 4. The lowest BCUT2D eigenvalue weighted by Crippen LogP contribution is -2.30. The Balaban J connectivity index is 5.15. The molecule has 0 aromatic carbocycles. The minimum atomic E-state index is -4.95. The zero-order valence-corrected chi connectivity index (χ0v) is 57.0. The quantitative estimate of drug-likeness (QED) is 0.0222. The van der Waals surface area contributed by atoms with Crippen molar-refractivity contribution in [3.63, 3.8) is 0 Å². The summed E-state index contributed by atoms with van der Waals surface area (Å²) in [6, 6.07) is 0. The van der Waals surface area contributed by atoms with Gasteiger partial charge in [0.05, 0.1) is 26.4 Å². The van der Waals surface area contributed by atoms with E-state index in [1.165, 1.54) is 116 Å². The maximum absolute atomic E-state index is 13.0. The minimum absolute atomic E-state index is 0.100. The Hall–Kier alpha value is -1.94. The average molecular weight is 1260 g/mol. The molecule has 0 aromatic rings. The van der Waals surface area contributed by atoms with Crippen molar-refractivity contribution in [2.45, 2.75) is 337 Å². The van der Waals surface area contributed by atoms with Crippen LogP contribution in [-0.2, 0) is 65.4 Å². The van der Waals surface area contributed by atoms with Crippen LogP contribution in [0.5, 0.6) is 0 Å². The SMILES string of the molecule is CCC(C)CCCCCCCCCCCCCCCCC(=O)OC[C@H](COP(=O)(O)OC[C@@H](O)COP(=O)(O)OC[C@@H](COC(=O)CCCCCCCCC(C)C)OC(=O)CCCCCCCCC(C)C)OC(=O)CCCCCCCCC(C)C. The van der Waals surface area contributed by atoms with E-state index in [2.05, 4.69) is 55.4 Å². The van der Waals surface area contributed by atoms with Gasteiger partial charge in [-0.15, -0.1) is 0 Å². The van der Waals surface area contributed by atoms with E-state index in [9.17, 15) is 43.2 Å². The van der Waals surface area contributed by atoms with Crippen LogP contribution >= 0.6 is 15.6 Å². The van der Waals surface area contributed by atoms with Crippen LogP contribution in [0.2, 0.25) is 0 Å². The maximum atomic E-state index is 13.0. The summed E-state index contributed by atoms with van der Waals surface area (Å²) in [4.78, 5) is 72.2. The molecule has 19 heteroatoms. The highest BCUT2D eigenvalue weighted by molar-refractivity contribution is 7.47. The van der Waals surface area contributed by atoms with Gasteiger partial charge in [-0.2, -0.15) is 0 Å². The van der Waals surface area contributed by atoms with Crippen molar-refractivity contribution in [1.29, 1.82) is 0 Å². The maximum Gasteiger partial charge on any atom is 0.472 e. The molecule has 3 N–H and O–H groups in total. The standard InChI is InChI=1S/C66H128O17P2/c1-9-59(8)45-37-29-18-16-14-12-10-11-13-15-17-19-30-38-46-63(68)76-52-61(82-65(70)48-40-32-24-21-27-35-43-57(4)5)54-80-84(72,73)78-50-60(67)51-79-85(74,75)81-55-62(83-66(71)49-41-33-25-22-28-36-44-58(6)7)53-77-64(69)47-39-31-23-20-26-34-42-56(2)3/h56-62,67H,9-55H2,1-8H3,(H,72,73)(H,74,75)/t59?,60-,61-,62-/m1/s1. The number of ether oxygens (including phenoxy) is 4. The third-order valence-corrected chi connectivity index (χ3v) is 17.3. The molecule has 17 nitrogen and oxygen atoms in total. The minimum Gasteiger partial charge on any atom is -0.462 e. The fourth-order valence-corrected chi connectivity index (χ4v) is 11.3. The van der Waals surface area contributed by atoms with Crippen molar-refractivity contribution in [2.24, 2.45) is 23.7 Å². The molecule has 0 bridgehead atoms. The third-order valence-electron chi connectivity index (χ3n) is 15.4. The zero-order valence-electron chi connectivity index (χ0n) is 55.2. The second-order valence-corrected chi connectivity index (χ2v) is 28.4. The smallest absolute Gasteiger partial charge is 0.462 e. The number of unbranched alkanes of at least 4 members (excludes halogenated alkanes) is 28. The van der Waals surface area contributed by atoms with Crippen LogP contribution < -0.4 is 0 Å². The predicted octanol–water partition coefficient (Wildman–Crippen LogP) is 18.1. The van der Waals surface area contributed by atoms with Gasteiger partial charge in [0.1, 0.15) is 19.3 Å². The van der Waals surface area contributed by atoms with E-state index < -0.39 is 97.5 Å². The normalized spacial score (nSPS) is 14.7. The van der Waals surface area contributed by atoms with Gasteiger partial charge in [0, 0.05) is 25.7 Å². The number of phosphoric acid groups is 2. The number of aliphatic hydroxyl groups excluding tert-OH is 1. The van der Waals surface area contributed by atoms with Crippen LogP contribution in [-0.4, -0.2) is 96.7 Å². The lowest BCUT2D eigenvalue weighted by atomic mass is 9.99. The number of hydrogen-bond acceptors (Lipinski definition) is 15. The van der Waals surface area contributed by atoms with Crippen molar-refractivity contribution in [3.05, 3.63) is 0 Å². The first-order chi connectivity index (χ1) is 40.6. The molecule has 0 amide bonds. The Morgan fingerprint density at radius 3 is 0.835 bits per heavy atom. The molecule has 0 aliphatic rings. The molecule has 0 heterocycles. The van der Waals surface area contributed by atoms with Crippen molar-refractivity contribution >= 4 is 39.5 Å². The van der Waals surface area contributed by atoms with Gasteiger partial charge in [-0.05, 0) is 49.4 Å². The number of esters is 4. The molecule has 0 saturated carbocycles. The fourth-order valence-electron chi connectivity index (χ4n) is 9.75. The van der Waals surface area contributed by atoms with Gasteiger partial charge in [0.25, 0.3) is 0 Å². The summed E-state index contributed by atoms with van der Waals surface area (Å²) in [6.07, 6.45) is 36.7. The number of aliphatic hydroxyl groups is 1. The summed E-state index contributed by atoms with van der Waals surface area (Å²) < 4.78 is 67.9. The molecule has 0 aliphatic heterocycles. The largest absolute Gasteiger partial charge is 0.472 e. The fraction of sp³-hybridized carbons (Fsp3) is 0.939. The summed E-state index contributed by atoms with van der Waals surface area (Å²) in [5.41, 5.74) is 0. The van der Waals surface area contributed by atoms with E-state index in [1.54, 1.807) is 0 Å². The first-order valence-corrected chi connectivity index (χ1v) is 37.2. The van der Waals surface area contributed by atoms with Gasteiger partial charge in [-0.1, -0.05) is 267 Å². The number of rotatable bonds is 63. The third kappa shape index (κ3) is 59.5. The highest BCUT2D eigenvalue weighted by Crippen LogP contribution is 2.45. The molecule has 0 radical (unpaired) electrons. The van der Waals surface area contributed by atoms with Gasteiger partial charge < -0.3 is 33.8 Å². The van der Waals surface area contributed by atoms with Gasteiger partial charge in [-0.25, -0.2) is 9.13 Å². The van der Waals surface area contributed by atoms with Crippen LogP contribution in [0.1, 0.15) is 319 Å². The van der Waals surface area contributed by atoms with Gasteiger partial charge >= 0.3 is 39.5 Å². The Kier molecular flexibility index (Phi) is 54.8. The second kappa shape index (κ2) is 56.1. The van der Waals surface area contributed by atoms with Crippen molar-refractivity contribution in [3.8, 4) is 0 Å². The Bertz CT molecular complexity index is 1700. The van der Waals surface area contributed by atoms with Crippen LogP contribution in [0, 0.1) is 23.7 Å². The summed E-state index contributed by atoms with van der Waals surface area (Å²) in [7, 11) is -9.89. The lowest BCUT2D eigenvalue weighted by molar-refractivity contribution is -0.161. The van der Waals surface area contributed by atoms with E-state index in [4.69, 9.17) is 37.0 Å². The van der Waals surface area contributed by atoms with Crippen molar-refractivity contribution in [2.75, 3.05) is 39.6 Å². The highest BCUT2D eigenvalue weighted by atomic mass is 31.2. The molecule has 0 aromatic heterocycles. The predicted molar refractivity (Wildman–Crippen MR) is 340 cm³/mol. The van der Waals surface area contributed by atoms with Gasteiger partial charge in [-0.3, -0.25) is 37.3 Å². The molecule has 85 heavy (non-hydrogen) atoms. The van der Waals surface area contributed by atoms with E-state index in [0.717, 1.165) is 102 Å². The van der Waals surface area contributed by atoms with E-state index in [-0.39, 0.29) is 25.7 Å². The molecule has 0 rings (SSSR count). The molecule has 3 unspecified atom stereocenters. The van der Waals surface area contributed by atoms with Crippen molar-refractivity contribution in [1.82, 2.24) is 0 Å². The average Bonchev–Trinajstić information content (AvgIpc) is 3.45. The first-order valence-electron chi connectivity index (χ1n) is 34.2. The van der Waals surface area contributed by atoms with Gasteiger partial charge in [0.15, 0.2) is 12.2 Å². The summed E-state index contributed by atoms with van der Waals surface area (Å²) in [5.74, 6) is 0.722. The molecular formula is C66H128O17P2. The highest BCUT2D eigenvalue weighted by Gasteiger charge is 2.30. The molecule has 0 fully saturated rings. The molecule has 0 saturated heterocycles. The van der Waals surface area contributed by atoms with Crippen LogP contribution in [0.25, 0.3) is 0 Å². The van der Waals surface area contributed by atoms with E-state index in [1.807, 2.05) is 0 Å². The molecule has 0 spiro atoms. The first kappa shape index (κ1) is 83.1. The van der Waals surface area contributed by atoms with E-state index in [0.29, 0.717) is 43.4 Å². The number of carbonyl (C=O) groups is 4.